The average Bonchev–Trinajstić information content (AvgIpc) is 3.04. The molecule has 1 aromatic carbocycles. The first kappa shape index (κ1) is 18.4. The van der Waals surface area contributed by atoms with Gasteiger partial charge in [-0.2, -0.15) is 4.98 Å². The summed E-state index contributed by atoms with van der Waals surface area (Å²) in [5.74, 6) is 0.768. The predicted molar refractivity (Wildman–Crippen MR) is 92.5 cm³/mol. The quantitative estimate of drug-likeness (QED) is 0.782. The molecule has 7 heteroatoms. The zero-order valence-corrected chi connectivity index (χ0v) is 14.7. The number of carbonyl (C=O) groups is 2. The lowest BCUT2D eigenvalue weighted by atomic mass is 10.1. The maximum atomic E-state index is 11.9. The van der Waals surface area contributed by atoms with Crippen LogP contribution in [0, 0.1) is 6.92 Å². The van der Waals surface area contributed by atoms with Gasteiger partial charge in [0.1, 0.15) is 6.54 Å². The third kappa shape index (κ3) is 5.87. The molecular formula is C18H22N4O3. The van der Waals surface area contributed by atoms with Crippen molar-refractivity contribution < 1.29 is 14.1 Å². The minimum absolute atomic E-state index is 0.0660. The Morgan fingerprint density at radius 3 is 2.60 bits per heavy atom. The number of urea groups is 1. The van der Waals surface area contributed by atoms with E-state index in [1.807, 2.05) is 20.8 Å². The summed E-state index contributed by atoms with van der Waals surface area (Å²) in [6.07, 6.45) is 3.37. The van der Waals surface area contributed by atoms with E-state index in [9.17, 15) is 9.59 Å². The molecule has 1 aromatic heterocycles. The van der Waals surface area contributed by atoms with Crippen LogP contribution in [-0.2, 0) is 24.2 Å². The molecule has 0 aliphatic rings. The van der Waals surface area contributed by atoms with E-state index in [2.05, 4.69) is 39.7 Å². The van der Waals surface area contributed by atoms with Gasteiger partial charge in [0.05, 0.1) is 0 Å². The Morgan fingerprint density at radius 2 is 1.96 bits per heavy atom. The number of imide groups is 1. The molecule has 1 N–H and O–H groups in total. The van der Waals surface area contributed by atoms with Crippen molar-refractivity contribution in [2.24, 2.45) is 0 Å². The van der Waals surface area contributed by atoms with Gasteiger partial charge in [-0.15, -0.1) is 0 Å². The monoisotopic (exact) mass is 342 g/mol. The standard InChI is InChI=1S/C18H22N4O3/c1-13(2)10-19-18(24)22(12-23)11-17-20-16(21-25-17)9-8-15-6-4-14(3)5-7-15/h4-7,10,12H,8-9,11H2,1-3H3,(H,19,24). The molecule has 1 heterocycles. The fourth-order valence-corrected chi connectivity index (χ4v) is 2.06. The van der Waals surface area contributed by atoms with E-state index >= 15 is 0 Å². The number of hydrogen-bond acceptors (Lipinski definition) is 5. The van der Waals surface area contributed by atoms with Gasteiger partial charge in [0.15, 0.2) is 5.82 Å². The van der Waals surface area contributed by atoms with Crippen molar-refractivity contribution in [1.82, 2.24) is 20.4 Å². The van der Waals surface area contributed by atoms with Crippen LogP contribution in [0.5, 0.6) is 0 Å². The molecule has 0 atom stereocenters. The first-order valence-electron chi connectivity index (χ1n) is 8.00. The molecule has 0 aliphatic heterocycles. The molecule has 2 aromatic rings. The lowest BCUT2D eigenvalue weighted by molar-refractivity contribution is -0.116. The summed E-state index contributed by atoms with van der Waals surface area (Å²) in [6.45, 7) is 5.65. The lowest BCUT2D eigenvalue weighted by Crippen LogP contribution is -2.36. The number of nitrogens with one attached hydrogen (secondary N) is 1. The van der Waals surface area contributed by atoms with E-state index in [0.717, 1.165) is 16.9 Å². The van der Waals surface area contributed by atoms with Gasteiger partial charge in [-0.3, -0.25) is 9.69 Å². The summed E-state index contributed by atoms with van der Waals surface area (Å²) in [4.78, 5) is 28.1. The van der Waals surface area contributed by atoms with E-state index in [-0.39, 0.29) is 12.4 Å². The lowest BCUT2D eigenvalue weighted by Gasteiger charge is -2.12. The Bertz CT molecular complexity index is 746. The predicted octanol–water partition coefficient (Wildman–Crippen LogP) is 2.75. The van der Waals surface area contributed by atoms with Crippen LogP contribution in [0.4, 0.5) is 4.79 Å². The van der Waals surface area contributed by atoms with Crippen molar-refractivity contribution in [3.05, 3.63) is 58.9 Å². The molecule has 132 valence electrons. The Kier molecular flexibility index (Phi) is 6.45. The van der Waals surface area contributed by atoms with Crippen molar-refractivity contribution in [2.75, 3.05) is 0 Å². The molecule has 0 unspecified atom stereocenters. The van der Waals surface area contributed by atoms with E-state index in [4.69, 9.17) is 4.52 Å². The fourth-order valence-electron chi connectivity index (χ4n) is 2.06. The molecule has 0 saturated carbocycles. The second-order valence-electron chi connectivity index (χ2n) is 5.99. The van der Waals surface area contributed by atoms with Crippen LogP contribution in [0.25, 0.3) is 0 Å². The van der Waals surface area contributed by atoms with Gasteiger partial charge in [0, 0.05) is 12.6 Å². The average molecular weight is 342 g/mol. The Hall–Kier alpha value is -2.96. The van der Waals surface area contributed by atoms with Crippen LogP contribution in [0.3, 0.4) is 0 Å². The van der Waals surface area contributed by atoms with E-state index in [0.29, 0.717) is 18.7 Å². The number of benzene rings is 1. The van der Waals surface area contributed by atoms with Crippen molar-refractivity contribution in [3.8, 4) is 0 Å². The number of aryl methyl sites for hydroxylation is 3. The van der Waals surface area contributed by atoms with E-state index < -0.39 is 6.03 Å². The molecule has 0 bridgehead atoms. The van der Waals surface area contributed by atoms with Crippen molar-refractivity contribution in [3.63, 3.8) is 0 Å². The van der Waals surface area contributed by atoms with Crippen LogP contribution in [0.15, 0.2) is 40.6 Å². The Labute approximate surface area is 146 Å². The number of aromatic nitrogens is 2. The van der Waals surface area contributed by atoms with E-state index in [1.54, 1.807) is 0 Å². The SMILES string of the molecule is CC(C)=CNC(=O)N(C=O)Cc1nc(CCc2ccc(C)cc2)no1. The summed E-state index contributed by atoms with van der Waals surface area (Å²) in [5, 5.41) is 6.41. The number of allylic oxidation sites excluding steroid dienone is 1. The molecule has 0 fully saturated rings. The van der Waals surface area contributed by atoms with Gasteiger partial charge in [-0.05, 0) is 32.8 Å². The molecule has 25 heavy (non-hydrogen) atoms. The number of amides is 3. The third-order valence-electron chi connectivity index (χ3n) is 3.45. The molecule has 7 nitrogen and oxygen atoms in total. The zero-order valence-electron chi connectivity index (χ0n) is 14.7. The highest BCUT2D eigenvalue weighted by Crippen LogP contribution is 2.08. The molecule has 3 amide bonds. The topological polar surface area (TPSA) is 88.3 Å². The second kappa shape index (κ2) is 8.77. The van der Waals surface area contributed by atoms with Crippen LogP contribution >= 0.6 is 0 Å². The summed E-state index contributed by atoms with van der Waals surface area (Å²) in [5.41, 5.74) is 3.31. The fraction of sp³-hybridized carbons (Fsp3) is 0.333. The summed E-state index contributed by atoms with van der Waals surface area (Å²) in [7, 11) is 0. The molecule has 0 spiro atoms. The van der Waals surface area contributed by atoms with Gasteiger partial charge < -0.3 is 9.84 Å². The van der Waals surface area contributed by atoms with E-state index in [1.165, 1.54) is 17.3 Å². The summed E-state index contributed by atoms with van der Waals surface area (Å²) in [6, 6.07) is 7.71. The molecular weight excluding hydrogens is 320 g/mol. The van der Waals surface area contributed by atoms with Gasteiger partial charge in [0.2, 0.25) is 12.3 Å². The van der Waals surface area contributed by atoms with Gasteiger partial charge in [-0.1, -0.05) is 40.6 Å². The minimum atomic E-state index is -0.546. The largest absolute Gasteiger partial charge is 0.337 e. The zero-order chi connectivity index (χ0) is 18.2. The van der Waals surface area contributed by atoms with Crippen molar-refractivity contribution in [2.45, 2.75) is 40.2 Å². The van der Waals surface area contributed by atoms with Gasteiger partial charge in [-0.25, -0.2) is 4.79 Å². The summed E-state index contributed by atoms with van der Waals surface area (Å²) >= 11 is 0. The first-order valence-corrected chi connectivity index (χ1v) is 8.00. The van der Waals surface area contributed by atoms with Crippen molar-refractivity contribution >= 4 is 12.4 Å². The highest BCUT2D eigenvalue weighted by Gasteiger charge is 2.16. The van der Waals surface area contributed by atoms with Crippen LogP contribution in [0.2, 0.25) is 0 Å². The first-order chi connectivity index (χ1) is 12.0. The number of nitrogens with zero attached hydrogens (tertiary/aromatic N) is 3. The highest BCUT2D eigenvalue weighted by molar-refractivity contribution is 5.85. The van der Waals surface area contributed by atoms with Gasteiger partial charge in [0.25, 0.3) is 0 Å². The van der Waals surface area contributed by atoms with Crippen LogP contribution < -0.4 is 5.32 Å². The van der Waals surface area contributed by atoms with Crippen LogP contribution in [-0.4, -0.2) is 27.5 Å². The number of carbonyl (C=O) groups excluding carboxylic acids is 2. The van der Waals surface area contributed by atoms with Gasteiger partial charge >= 0.3 is 6.03 Å². The number of rotatable bonds is 7. The smallest absolute Gasteiger partial charge is 0.328 e. The van der Waals surface area contributed by atoms with Crippen LogP contribution in [0.1, 0.15) is 36.7 Å². The minimum Gasteiger partial charge on any atom is -0.337 e. The third-order valence-corrected chi connectivity index (χ3v) is 3.45. The maximum Gasteiger partial charge on any atom is 0.328 e. The maximum absolute atomic E-state index is 11.9. The molecule has 0 saturated heterocycles. The highest BCUT2D eigenvalue weighted by atomic mass is 16.5. The molecule has 0 aliphatic carbocycles. The molecule has 2 rings (SSSR count). The van der Waals surface area contributed by atoms with Crippen molar-refractivity contribution in [1.29, 1.82) is 0 Å². The second-order valence-corrected chi connectivity index (χ2v) is 5.99. The normalized spacial score (nSPS) is 10.2. The molecule has 0 radical (unpaired) electrons. The Morgan fingerprint density at radius 1 is 1.24 bits per heavy atom. The number of hydrogen-bond donors (Lipinski definition) is 1. The Balaban J connectivity index is 1.91. The summed E-state index contributed by atoms with van der Waals surface area (Å²) < 4.78 is 5.12.